The largest absolute Gasteiger partial charge is 0.459 e. The van der Waals surface area contributed by atoms with Gasteiger partial charge in [-0.2, -0.15) is 13.2 Å². The second-order valence-electron chi connectivity index (χ2n) is 5.08. The maximum Gasteiger partial charge on any atom is 0.389 e. The number of hydrogen-bond donors (Lipinski definition) is 1. The first-order valence-corrected chi connectivity index (χ1v) is 7.63. The van der Waals surface area contributed by atoms with Gasteiger partial charge in [0, 0.05) is 16.3 Å². The third kappa shape index (κ3) is 5.04. The number of unbranched alkanes of at least 4 members (excludes halogenated alkanes) is 1. The Morgan fingerprint density at radius 3 is 2.71 bits per heavy atom. The van der Waals surface area contributed by atoms with Crippen LogP contribution in [0.15, 0.2) is 33.2 Å². The SMILES string of the molecule is CC(NCCCCC(F)(F)F)c1cc2cc(Br)ccc2o1. The zero-order chi connectivity index (χ0) is 15.5. The Balaban J connectivity index is 1.83. The van der Waals surface area contributed by atoms with Gasteiger partial charge in [-0.1, -0.05) is 15.9 Å². The van der Waals surface area contributed by atoms with Gasteiger partial charge in [0.25, 0.3) is 0 Å². The average Bonchev–Trinajstić information content (AvgIpc) is 2.79. The fraction of sp³-hybridized carbons (Fsp3) is 0.467. The maximum atomic E-state index is 12.0. The lowest BCUT2D eigenvalue weighted by molar-refractivity contribution is -0.135. The molecule has 6 heteroatoms. The van der Waals surface area contributed by atoms with Crippen molar-refractivity contribution in [2.24, 2.45) is 0 Å². The van der Waals surface area contributed by atoms with E-state index in [9.17, 15) is 13.2 Å². The van der Waals surface area contributed by atoms with Gasteiger partial charge in [-0.05, 0) is 50.6 Å². The second kappa shape index (κ2) is 6.83. The highest BCUT2D eigenvalue weighted by Crippen LogP contribution is 2.26. The Kier molecular flexibility index (Phi) is 5.32. The minimum Gasteiger partial charge on any atom is -0.459 e. The highest BCUT2D eigenvalue weighted by Gasteiger charge is 2.25. The Morgan fingerprint density at radius 2 is 2.00 bits per heavy atom. The van der Waals surface area contributed by atoms with E-state index in [1.54, 1.807) is 0 Å². The van der Waals surface area contributed by atoms with Crippen LogP contribution in [0.25, 0.3) is 11.0 Å². The summed E-state index contributed by atoms with van der Waals surface area (Å²) < 4.78 is 42.8. The zero-order valence-electron chi connectivity index (χ0n) is 11.6. The fourth-order valence-corrected chi connectivity index (χ4v) is 2.50. The molecule has 0 aliphatic rings. The summed E-state index contributed by atoms with van der Waals surface area (Å²) in [6.45, 7) is 2.48. The standard InChI is InChI=1S/C15H17BrF3NO/c1-10(20-7-3-2-6-15(17,18)19)14-9-11-8-12(16)4-5-13(11)21-14/h4-5,8-10,20H,2-3,6-7H2,1H3. The van der Waals surface area contributed by atoms with Crippen LogP contribution in [0.1, 0.15) is 38.0 Å². The van der Waals surface area contributed by atoms with Crippen molar-refractivity contribution in [2.75, 3.05) is 6.54 Å². The Bertz CT molecular complexity index is 594. The van der Waals surface area contributed by atoms with Crippen molar-refractivity contribution in [3.8, 4) is 0 Å². The molecule has 1 unspecified atom stereocenters. The van der Waals surface area contributed by atoms with Gasteiger partial charge in [0.1, 0.15) is 11.3 Å². The molecule has 21 heavy (non-hydrogen) atoms. The summed E-state index contributed by atoms with van der Waals surface area (Å²) in [6, 6.07) is 7.69. The van der Waals surface area contributed by atoms with Crippen molar-refractivity contribution >= 4 is 26.9 Å². The minimum atomic E-state index is -4.06. The van der Waals surface area contributed by atoms with Crippen molar-refractivity contribution in [1.29, 1.82) is 0 Å². The predicted octanol–water partition coefficient (Wildman–Crippen LogP) is 5.58. The zero-order valence-corrected chi connectivity index (χ0v) is 13.2. The van der Waals surface area contributed by atoms with Crippen molar-refractivity contribution in [3.05, 3.63) is 34.5 Å². The highest BCUT2D eigenvalue weighted by molar-refractivity contribution is 9.10. The molecule has 1 aromatic heterocycles. The van der Waals surface area contributed by atoms with Crippen LogP contribution in [0.5, 0.6) is 0 Å². The molecule has 1 heterocycles. The van der Waals surface area contributed by atoms with Gasteiger partial charge >= 0.3 is 6.18 Å². The second-order valence-corrected chi connectivity index (χ2v) is 5.99. The molecule has 0 bridgehead atoms. The number of alkyl halides is 3. The first kappa shape index (κ1) is 16.4. The third-order valence-corrected chi connectivity index (χ3v) is 3.75. The predicted molar refractivity (Wildman–Crippen MR) is 80.2 cm³/mol. The van der Waals surface area contributed by atoms with Crippen LogP contribution >= 0.6 is 15.9 Å². The molecule has 1 aromatic carbocycles. The molecular formula is C15H17BrF3NO. The van der Waals surface area contributed by atoms with Crippen LogP contribution in [0, 0.1) is 0 Å². The normalized spacial score (nSPS) is 13.8. The fourth-order valence-electron chi connectivity index (χ4n) is 2.12. The quantitative estimate of drug-likeness (QED) is 0.677. The lowest BCUT2D eigenvalue weighted by Crippen LogP contribution is -2.20. The molecule has 0 radical (unpaired) electrons. The van der Waals surface area contributed by atoms with Crippen LogP contribution in [-0.4, -0.2) is 12.7 Å². The average molecular weight is 364 g/mol. The summed E-state index contributed by atoms with van der Waals surface area (Å²) in [5.41, 5.74) is 0.805. The van der Waals surface area contributed by atoms with Crippen molar-refractivity contribution < 1.29 is 17.6 Å². The maximum absolute atomic E-state index is 12.0. The molecule has 0 spiro atoms. The van der Waals surface area contributed by atoms with Gasteiger partial charge in [0.15, 0.2) is 0 Å². The van der Waals surface area contributed by atoms with Crippen LogP contribution in [-0.2, 0) is 0 Å². The molecule has 0 saturated carbocycles. The molecule has 2 rings (SSSR count). The van der Waals surface area contributed by atoms with E-state index in [-0.39, 0.29) is 12.5 Å². The summed E-state index contributed by atoms with van der Waals surface area (Å²) in [5, 5.41) is 4.19. The van der Waals surface area contributed by atoms with Gasteiger partial charge in [0.05, 0.1) is 6.04 Å². The van der Waals surface area contributed by atoms with E-state index < -0.39 is 12.6 Å². The summed E-state index contributed by atoms with van der Waals surface area (Å²) in [6.07, 6.45) is -4.13. The molecule has 0 saturated heterocycles. The molecule has 0 aliphatic carbocycles. The van der Waals surface area contributed by atoms with E-state index in [0.717, 1.165) is 21.2 Å². The summed E-state index contributed by atoms with van der Waals surface area (Å²) in [5.74, 6) is 0.791. The van der Waals surface area contributed by atoms with Gasteiger partial charge < -0.3 is 9.73 Å². The summed E-state index contributed by atoms with van der Waals surface area (Å²) >= 11 is 3.40. The summed E-state index contributed by atoms with van der Waals surface area (Å²) in [7, 11) is 0. The van der Waals surface area contributed by atoms with E-state index in [1.165, 1.54) is 0 Å². The van der Waals surface area contributed by atoms with Crippen molar-refractivity contribution in [2.45, 2.75) is 38.4 Å². The van der Waals surface area contributed by atoms with Gasteiger partial charge in [-0.25, -0.2) is 0 Å². The topological polar surface area (TPSA) is 25.2 Å². The summed E-state index contributed by atoms with van der Waals surface area (Å²) in [4.78, 5) is 0. The molecule has 2 aromatic rings. The monoisotopic (exact) mass is 363 g/mol. The number of fused-ring (bicyclic) bond motifs is 1. The number of furan rings is 1. The van der Waals surface area contributed by atoms with E-state index in [0.29, 0.717) is 13.0 Å². The number of rotatable bonds is 6. The van der Waals surface area contributed by atoms with E-state index in [4.69, 9.17) is 4.42 Å². The van der Waals surface area contributed by atoms with Crippen molar-refractivity contribution in [3.63, 3.8) is 0 Å². The number of halogens is 4. The van der Waals surface area contributed by atoms with Gasteiger partial charge in [-0.3, -0.25) is 0 Å². The number of nitrogens with one attached hydrogen (secondary N) is 1. The lowest BCUT2D eigenvalue weighted by atomic mass is 10.2. The first-order chi connectivity index (χ1) is 9.85. The molecule has 2 nitrogen and oxygen atoms in total. The van der Waals surface area contributed by atoms with Gasteiger partial charge in [0.2, 0.25) is 0 Å². The third-order valence-electron chi connectivity index (χ3n) is 3.26. The van der Waals surface area contributed by atoms with E-state index in [2.05, 4.69) is 21.2 Å². The lowest BCUT2D eigenvalue weighted by Gasteiger charge is -2.11. The molecule has 0 aliphatic heterocycles. The van der Waals surface area contributed by atoms with Gasteiger partial charge in [-0.15, -0.1) is 0 Å². The molecular weight excluding hydrogens is 347 g/mol. The van der Waals surface area contributed by atoms with E-state index >= 15 is 0 Å². The van der Waals surface area contributed by atoms with Crippen molar-refractivity contribution in [1.82, 2.24) is 5.32 Å². The van der Waals surface area contributed by atoms with E-state index in [1.807, 2.05) is 31.2 Å². The molecule has 1 atom stereocenters. The molecule has 0 amide bonds. The first-order valence-electron chi connectivity index (χ1n) is 6.84. The molecule has 116 valence electrons. The Morgan fingerprint density at radius 1 is 1.24 bits per heavy atom. The van der Waals surface area contributed by atoms with Crippen LogP contribution < -0.4 is 5.32 Å². The molecule has 1 N–H and O–H groups in total. The molecule has 0 fully saturated rings. The Hall–Kier alpha value is -1.01. The van der Waals surface area contributed by atoms with Crippen LogP contribution in [0.4, 0.5) is 13.2 Å². The minimum absolute atomic E-state index is 0.0259. The Labute approximate surface area is 129 Å². The number of benzene rings is 1. The smallest absolute Gasteiger partial charge is 0.389 e. The number of hydrogen-bond acceptors (Lipinski definition) is 2. The highest BCUT2D eigenvalue weighted by atomic mass is 79.9. The van der Waals surface area contributed by atoms with Crippen LogP contribution in [0.2, 0.25) is 0 Å². The van der Waals surface area contributed by atoms with Crippen LogP contribution in [0.3, 0.4) is 0 Å².